The summed E-state index contributed by atoms with van der Waals surface area (Å²) in [5, 5.41) is 14.2. The van der Waals surface area contributed by atoms with Crippen molar-refractivity contribution in [3.63, 3.8) is 0 Å². The minimum Gasteiger partial charge on any atom is -0.504 e. The molecular weight excluding hydrogens is 200 g/mol. The molecule has 0 aliphatic carbocycles. The molecule has 0 aliphatic rings. The average molecular weight is 216 g/mol. The number of benzene rings is 1. The molecule has 2 aromatic rings. The van der Waals surface area contributed by atoms with E-state index < -0.39 is 0 Å². The van der Waals surface area contributed by atoms with E-state index in [0.29, 0.717) is 5.69 Å². The molecule has 0 spiro atoms. The van der Waals surface area contributed by atoms with Crippen molar-refractivity contribution in [2.75, 3.05) is 0 Å². The molecule has 0 saturated carbocycles. The van der Waals surface area contributed by atoms with E-state index in [0.717, 1.165) is 24.1 Å². The topological polar surface area (TPSA) is 38.0 Å². The largest absolute Gasteiger partial charge is 0.504 e. The molecule has 3 nitrogen and oxygen atoms in total. The fourth-order valence-corrected chi connectivity index (χ4v) is 1.78. The zero-order valence-electron chi connectivity index (χ0n) is 9.64. The predicted molar refractivity (Wildman–Crippen MR) is 64.4 cm³/mol. The van der Waals surface area contributed by atoms with E-state index in [-0.39, 0.29) is 5.75 Å². The third-order valence-corrected chi connectivity index (χ3v) is 2.60. The van der Waals surface area contributed by atoms with Crippen LogP contribution in [-0.2, 0) is 6.54 Å². The fourth-order valence-electron chi connectivity index (χ4n) is 1.78. The van der Waals surface area contributed by atoms with Gasteiger partial charge in [0, 0.05) is 12.1 Å². The molecule has 0 radical (unpaired) electrons. The molecule has 16 heavy (non-hydrogen) atoms. The van der Waals surface area contributed by atoms with Gasteiger partial charge in [-0.05, 0) is 18.9 Å². The Labute approximate surface area is 95.3 Å². The van der Waals surface area contributed by atoms with Crippen LogP contribution in [0.5, 0.6) is 5.75 Å². The molecule has 1 aromatic carbocycles. The second-order valence-corrected chi connectivity index (χ2v) is 3.94. The van der Waals surface area contributed by atoms with Crippen molar-refractivity contribution in [1.29, 1.82) is 0 Å². The normalized spacial score (nSPS) is 10.6. The number of hydrogen-bond acceptors (Lipinski definition) is 2. The van der Waals surface area contributed by atoms with Crippen molar-refractivity contribution >= 4 is 0 Å². The second kappa shape index (κ2) is 4.39. The summed E-state index contributed by atoms with van der Waals surface area (Å²) >= 11 is 0. The van der Waals surface area contributed by atoms with Gasteiger partial charge in [0.2, 0.25) is 0 Å². The van der Waals surface area contributed by atoms with E-state index in [9.17, 15) is 5.11 Å². The Bertz CT molecular complexity index is 488. The quantitative estimate of drug-likeness (QED) is 0.856. The Balaban J connectivity index is 2.44. The van der Waals surface area contributed by atoms with Crippen LogP contribution in [0.2, 0.25) is 0 Å². The van der Waals surface area contributed by atoms with E-state index in [2.05, 4.69) is 12.0 Å². The van der Waals surface area contributed by atoms with Crippen molar-refractivity contribution in [2.45, 2.75) is 26.8 Å². The zero-order chi connectivity index (χ0) is 11.5. The molecular formula is C13H16N2O. The highest BCUT2D eigenvalue weighted by Gasteiger charge is 2.11. The van der Waals surface area contributed by atoms with Crippen molar-refractivity contribution < 1.29 is 5.11 Å². The van der Waals surface area contributed by atoms with E-state index in [1.165, 1.54) is 0 Å². The summed E-state index contributed by atoms with van der Waals surface area (Å²) in [4.78, 5) is 0. The van der Waals surface area contributed by atoms with Crippen LogP contribution < -0.4 is 0 Å². The van der Waals surface area contributed by atoms with Crippen LogP contribution in [0.3, 0.4) is 0 Å². The van der Waals surface area contributed by atoms with Gasteiger partial charge in [0.15, 0.2) is 5.75 Å². The molecule has 2 rings (SSSR count). The molecule has 0 fully saturated rings. The Morgan fingerprint density at radius 1 is 1.31 bits per heavy atom. The number of nitrogens with zero attached hydrogens (tertiary/aromatic N) is 2. The van der Waals surface area contributed by atoms with Gasteiger partial charge in [0.05, 0.1) is 6.20 Å². The molecule has 0 amide bonds. The first-order chi connectivity index (χ1) is 7.72. The third kappa shape index (κ3) is 1.94. The standard InChI is InChI=1S/C13H16N2O/c1-3-8-15-9-12(16)13(14-15)11-7-5-4-6-10(11)2/h4-7,9,16H,3,8H2,1-2H3. The first kappa shape index (κ1) is 10.7. The number of aryl methyl sites for hydroxylation is 2. The minimum absolute atomic E-state index is 0.253. The molecule has 0 unspecified atom stereocenters. The molecule has 0 saturated heterocycles. The molecule has 1 heterocycles. The Morgan fingerprint density at radius 2 is 2.06 bits per heavy atom. The minimum atomic E-state index is 0.253. The van der Waals surface area contributed by atoms with Gasteiger partial charge in [-0.25, -0.2) is 0 Å². The van der Waals surface area contributed by atoms with Gasteiger partial charge in [-0.15, -0.1) is 0 Å². The summed E-state index contributed by atoms with van der Waals surface area (Å²) in [6.07, 6.45) is 2.69. The predicted octanol–water partition coefficient (Wildman–Crippen LogP) is 2.97. The number of aromatic hydroxyl groups is 1. The van der Waals surface area contributed by atoms with Gasteiger partial charge >= 0.3 is 0 Å². The monoisotopic (exact) mass is 216 g/mol. The van der Waals surface area contributed by atoms with Crippen LogP contribution >= 0.6 is 0 Å². The van der Waals surface area contributed by atoms with Crippen LogP contribution in [0.4, 0.5) is 0 Å². The number of rotatable bonds is 3. The highest BCUT2D eigenvalue weighted by Crippen LogP contribution is 2.29. The van der Waals surface area contributed by atoms with Crippen LogP contribution in [0, 0.1) is 6.92 Å². The molecule has 0 atom stereocenters. The summed E-state index contributed by atoms with van der Waals surface area (Å²) in [6, 6.07) is 7.95. The van der Waals surface area contributed by atoms with Crippen LogP contribution in [0.15, 0.2) is 30.5 Å². The first-order valence-electron chi connectivity index (χ1n) is 5.54. The van der Waals surface area contributed by atoms with Gasteiger partial charge in [-0.1, -0.05) is 31.2 Å². The summed E-state index contributed by atoms with van der Waals surface area (Å²) in [7, 11) is 0. The van der Waals surface area contributed by atoms with Crippen LogP contribution in [-0.4, -0.2) is 14.9 Å². The summed E-state index contributed by atoms with van der Waals surface area (Å²) in [5.41, 5.74) is 2.79. The van der Waals surface area contributed by atoms with Crippen LogP contribution in [0.1, 0.15) is 18.9 Å². The van der Waals surface area contributed by atoms with Gasteiger partial charge in [0.25, 0.3) is 0 Å². The van der Waals surface area contributed by atoms with E-state index in [4.69, 9.17) is 0 Å². The maximum atomic E-state index is 9.85. The smallest absolute Gasteiger partial charge is 0.161 e. The molecule has 84 valence electrons. The van der Waals surface area contributed by atoms with Crippen molar-refractivity contribution in [3.05, 3.63) is 36.0 Å². The van der Waals surface area contributed by atoms with Crippen molar-refractivity contribution in [1.82, 2.24) is 9.78 Å². The molecule has 1 N–H and O–H groups in total. The van der Waals surface area contributed by atoms with E-state index in [1.807, 2.05) is 31.2 Å². The Kier molecular flexibility index (Phi) is 2.95. The van der Waals surface area contributed by atoms with Crippen LogP contribution in [0.25, 0.3) is 11.3 Å². The molecule has 1 aromatic heterocycles. The lowest BCUT2D eigenvalue weighted by atomic mass is 10.1. The molecule has 3 heteroatoms. The average Bonchev–Trinajstić information content (AvgIpc) is 2.61. The van der Waals surface area contributed by atoms with Gasteiger partial charge < -0.3 is 5.11 Å². The summed E-state index contributed by atoms with van der Waals surface area (Å²) in [5.74, 6) is 0.253. The molecule has 0 aliphatic heterocycles. The maximum absolute atomic E-state index is 9.85. The van der Waals surface area contributed by atoms with Crippen molar-refractivity contribution in [2.24, 2.45) is 0 Å². The fraction of sp³-hybridized carbons (Fsp3) is 0.308. The summed E-state index contributed by atoms with van der Waals surface area (Å²) < 4.78 is 1.79. The Hall–Kier alpha value is -1.77. The lowest BCUT2D eigenvalue weighted by Crippen LogP contribution is -1.97. The highest BCUT2D eigenvalue weighted by atomic mass is 16.3. The van der Waals surface area contributed by atoms with E-state index in [1.54, 1.807) is 10.9 Å². The number of hydrogen-bond donors (Lipinski definition) is 1. The maximum Gasteiger partial charge on any atom is 0.161 e. The lowest BCUT2D eigenvalue weighted by Gasteiger charge is -2.02. The van der Waals surface area contributed by atoms with Gasteiger partial charge in [-0.2, -0.15) is 5.10 Å². The van der Waals surface area contributed by atoms with Gasteiger partial charge in [-0.3, -0.25) is 4.68 Å². The Morgan fingerprint density at radius 3 is 2.75 bits per heavy atom. The summed E-state index contributed by atoms with van der Waals surface area (Å²) in [6.45, 7) is 4.94. The lowest BCUT2D eigenvalue weighted by molar-refractivity contribution is 0.474. The third-order valence-electron chi connectivity index (χ3n) is 2.60. The number of aromatic nitrogens is 2. The van der Waals surface area contributed by atoms with E-state index >= 15 is 0 Å². The molecule has 0 bridgehead atoms. The highest BCUT2D eigenvalue weighted by molar-refractivity contribution is 5.68. The van der Waals surface area contributed by atoms with Gasteiger partial charge in [0.1, 0.15) is 5.69 Å². The second-order valence-electron chi connectivity index (χ2n) is 3.94. The SMILES string of the molecule is CCCn1cc(O)c(-c2ccccc2C)n1. The zero-order valence-corrected chi connectivity index (χ0v) is 9.64. The van der Waals surface area contributed by atoms with Crippen molar-refractivity contribution in [3.8, 4) is 17.0 Å². The first-order valence-corrected chi connectivity index (χ1v) is 5.54.